The first kappa shape index (κ1) is 14.7. The van der Waals surface area contributed by atoms with Crippen LogP contribution in [0.4, 0.5) is 0 Å². The Bertz CT molecular complexity index is 349. The molecule has 0 aliphatic rings. The van der Waals surface area contributed by atoms with Crippen molar-refractivity contribution in [3.63, 3.8) is 0 Å². The monoisotopic (exact) mass is 216 g/mol. The van der Waals surface area contributed by atoms with Gasteiger partial charge in [0.15, 0.2) is 0 Å². The Morgan fingerprint density at radius 3 is 1.75 bits per heavy atom. The summed E-state index contributed by atoms with van der Waals surface area (Å²) in [5.41, 5.74) is 5.27. The SMILES string of the molecule is CC(C)=C/C=C/C(C)=C\C=C\C(C)=C(C)C. The van der Waals surface area contributed by atoms with Gasteiger partial charge in [-0.25, -0.2) is 0 Å². The second-order valence-electron chi connectivity index (χ2n) is 4.56. The first-order chi connectivity index (χ1) is 7.43. The maximum atomic E-state index is 2.15. The quantitative estimate of drug-likeness (QED) is 0.554. The molecule has 16 heavy (non-hydrogen) atoms. The number of rotatable bonds is 4. The average molecular weight is 216 g/mol. The van der Waals surface area contributed by atoms with Crippen molar-refractivity contribution in [2.45, 2.75) is 41.5 Å². The van der Waals surface area contributed by atoms with E-state index in [-0.39, 0.29) is 0 Å². The number of hydrogen-bond donors (Lipinski definition) is 0. The van der Waals surface area contributed by atoms with Crippen molar-refractivity contribution in [1.29, 1.82) is 0 Å². The lowest BCUT2D eigenvalue weighted by atomic mass is 10.1. The molecular formula is C16H24. The molecule has 0 bridgehead atoms. The number of allylic oxidation sites excluding steroid dienone is 10. The smallest absolute Gasteiger partial charge is 0.0398 e. The minimum atomic E-state index is 1.26. The van der Waals surface area contributed by atoms with Gasteiger partial charge in [-0.3, -0.25) is 0 Å². The summed E-state index contributed by atoms with van der Waals surface area (Å²) in [6, 6.07) is 0. The van der Waals surface area contributed by atoms with Gasteiger partial charge in [0.25, 0.3) is 0 Å². The second kappa shape index (κ2) is 7.92. The Morgan fingerprint density at radius 1 is 0.688 bits per heavy atom. The summed E-state index contributed by atoms with van der Waals surface area (Å²) in [5.74, 6) is 0. The van der Waals surface area contributed by atoms with Crippen LogP contribution in [0, 0.1) is 0 Å². The van der Waals surface area contributed by atoms with E-state index >= 15 is 0 Å². The van der Waals surface area contributed by atoms with E-state index in [1.165, 1.54) is 22.3 Å². The molecule has 0 aromatic carbocycles. The molecule has 0 amide bonds. The van der Waals surface area contributed by atoms with Crippen LogP contribution >= 0.6 is 0 Å². The summed E-state index contributed by atoms with van der Waals surface area (Å²) in [6.07, 6.45) is 12.7. The molecule has 0 aromatic heterocycles. The summed E-state index contributed by atoms with van der Waals surface area (Å²) < 4.78 is 0. The van der Waals surface area contributed by atoms with Crippen LogP contribution in [0.1, 0.15) is 41.5 Å². The Morgan fingerprint density at radius 2 is 1.25 bits per heavy atom. The fourth-order valence-electron chi connectivity index (χ4n) is 0.959. The third kappa shape index (κ3) is 8.05. The molecule has 0 nitrogen and oxygen atoms in total. The fraction of sp³-hybridized carbons (Fsp3) is 0.375. The molecule has 0 rings (SSSR count). The van der Waals surface area contributed by atoms with Gasteiger partial charge in [0, 0.05) is 0 Å². The van der Waals surface area contributed by atoms with Crippen molar-refractivity contribution in [2.24, 2.45) is 0 Å². The average Bonchev–Trinajstić information content (AvgIpc) is 2.16. The molecule has 0 spiro atoms. The highest BCUT2D eigenvalue weighted by atomic mass is 13.9. The van der Waals surface area contributed by atoms with Crippen LogP contribution < -0.4 is 0 Å². The van der Waals surface area contributed by atoms with E-state index in [4.69, 9.17) is 0 Å². The van der Waals surface area contributed by atoms with E-state index in [1.807, 2.05) is 0 Å². The maximum absolute atomic E-state index is 2.15. The topological polar surface area (TPSA) is 0 Å². The molecule has 0 heteroatoms. The van der Waals surface area contributed by atoms with E-state index < -0.39 is 0 Å². The van der Waals surface area contributed by atoms with Gasteiger partial charge in [0.2, 0.25) is 0 Å². The highest BCUT2D eigenvalue weighted by molar-refractivity contribution is 5.29. The molecular weight excluding hydrogens is 192 g/mol. The lowest BCUT2D eigenvalue weighted by Crippen LogP contribution is -1.72. The van der Waals surface area contributed by atoms with Gasteiger partial charge >= 0.3 is 0 Å². The molecule has 0 N–H and O–H groups in total. The lowest BCUT2D eigenvalue weighted by Gasteiger charge is -1.93. The predicted octanol–water partition coefficient (Wildman–Crippen LogP) is 5.37. The molecule has 0 atom stereocenters. The van der Waals surface area contributed by atoms with Crippen molar-refractivity contribution >= 4 is 0 Å². The Labute approximate surface area is 101 Å². The zero-order valence-electron chi connectivity index (χ0n) is 11.5. The van der Waals surface area contributed by atoms with Crippen molar-refractivity contribution in [1.82, 2.24) is 0 Å². The third-order valence-corrected chi connectivity index (χ3v) is 2.28. The number of hydrogen-bond acceptors (Lipinski definition) is 0. The largest absolute Gasteiger partial charge is 0.0764 e. The van der Waals surface area contributed by atoms with Gasteiger partial charge in [-0.2, -0.15) is 0 Å². The van der Waals surface area contributed by atoms with Gasteiger partial charge < -0.3 is 0 Å². The first-order valence-electron chi connectivity index (χ1n) is 5.74. The first-order valence-corrected chi connectivity index (χ1v) is 5.74. The van der Waals surface area contributed by atoms with Crippen molar-refractivity contribution < 1.29 is 0 Å². The predicted molar refractivity (Wildman–Crippen MR) is 75.5 cm³/mol. The normalized spacial score (nSPS) is 12.2. The molecule has 0 fully saturated rings. The van der Waals surface area contributed by atoms with Crippen LogP contribution in [0.2, 0.25) is 0 Å². The Kier molecular flexibility index (Phi) is 7.28. The van der Waals surface area contributed by atoms with Gasteiger partial charge in [0.1, 0.15) is 0 Å². The van der Waals surface area contributed by atoms with Gasteiger partial charge in [-0.15, -0.1) is 0 Å². The van der Waals surface area contributed by atoms with E-state index in [0.29, 0.717) is 0 Å². The molecule has 0 unspecified atom stereocenters. The highest BCUT2D eigenvalue weighted by Gasteiger charge is 1.83. The minimum absolute atomic E-state index is 1.26. The summed E-state index contributed by atoms with van der Waals surface area (Å²) in [7, 11) is 0. The van der Waals surface area contributed by atoms with Crippen LogP contribution in [-0.4, -0.2) is 0 Å². The molecule has 0 saturated heterocycles. The van der Waals surface area contributed by atoms with E-state index in [0.717, 1.165) is 0 Å². The van der Waals surface area contributed by atoms with Crippen molar-refractivity contribution in [3.8, 4) is 0 Å². The Hall–Kier alpha value is -1.30. The minimum Gasteiger partial charge on any atom is -0.0764 e. The van der Waals surface area contributed by atoms with E-state index in [1.54, 1.807) is 0 Å². The zero-order chi connectivity index (χ0) is 12.6. The molecule has 88 valence electrons. The van der Waals surface area contributed by atoms with Crippen LogP contribution in [0.25, 0.3) is 0 Å². The van der Waals surface area contributed by atoms with Crippen LogP contribution in [-0.2, 0) is 0 Å². The Balaban J connectivity index is 4.42. The highest BCUT2D eigenvalue weighted by Crippen LogP contribution is 2.04. The summed E-state index contributed by atoms with van der Waals surface area (Å²) >= 11 is 0. The van der Waals surface area contributed by atoms with Gasteiger partial charge in [0.05, 0.1) is 0 Å². The molecule has 0 aromatic rings. The van der Waals surface area contributed by atoms with Crippen LogP contribution in [0.5, 0.6) is 0 Å². The van der Waals surface area contributed by atoms with Crippen molar-refractivity contribution in [2.75, 3.05) is 0 Å². The molecule has 0 radical (unpaired) electrons. The van der Waals surface area contributed by atoms with Gasteiger partial charge in [-0.1, -0.05) is 58.7 Å². The second-order valence-corrected chi connectivity index (χ2v) is 4.56. The van der Waals surface area contributed by atoms with E-state index in [9.17, 15) is 0 Å². The van der Waals surface area contributed by atoms with E-state index in [2.05, 4.69) is 78.0 Å². The van der Waals surface area contributed by atoms with Crippen molar-refractivity contribution in [3.05, 3.63) is 58.7 Å². The van der Waals surface area contributed by atoms with Crippen LogP contribution in [0.15, 0.2) is 58.7 Å². The van der Waals surface area contributed by atoms with Crippen LogP contribution in [0.3, 0.4) is 0 Å². The zero-order valence-corrected chi connectivity index (χ0v) is 11.5. The summed E-state index contributed by atoms with van der Waals surface area (Å²) in [5, 5.41) is 0. The lowest BCUT2D eigenvalue weighted by molar-refractivity contribution is 1.29. The summed E-state index contributed by atoms with van der Waals surface area (Å²) in [4.78, 5) is 0. The molecule has 0 aliphatic carbocycles. The molecule has 0 saturated carbocycles. The van der Waals surface area contributed by atoms with Gasteiger partial charge in [-0.05, 0) is 41.5 Å². The molecule has 0 heterocycles. The third-order valence-electron chi connectivity index (χ3n) is 2.28. The maximum Gasteiger partial charge on any atom is -0.0398 e. The summed E-state index contributed by atoms with van der Waals surface area (Å²) in [6.45, 7) is 12.7. The standard InChI is InChI=1S/C16H24/c1-13(2)9-7-10-15(5)11-8-12-16(6)14(3)4/h7-12H,1-6H3/b10-7+,12-8+,15-11-. The molecule has 0 aliphatic heterocycles. The fourth-order valence-corrected chi connectivity index (χ4v) is 0.959.